The smallest absolute Gasteiger partial charge is 0.351 e. The molecule has 1 aliphatic carbocycles. The molecule has 1 fully saturated rings. The van der Waals surface area contributed by atoms with Crippen molar-refractivity contribution in [1.29, 1.82) is 0 Å². The van der Waals surface area contributed by atoms with E-state index in [0.717, 1.165) is 17.5 Å². The Labute approximate surface area is 261 Å². The molecule has 0 unspecified atom stereocenters. The Kier molecular flexibility index (Phi) is 10.1. The van der Waals surface area contributed by atoms with Crippen molar-refractivity contribution >= 4 is 40.7 Å². The van der Waals surface area contributed by atoms with Crippen molar-refractivity contribution in [2.24, 2.45) is 0 Å². The Morgan fingerprint density at radius 1 is 0.955 bits per heavy atom. The Hall–Kier alpha value is -2.65. The van der Waals surface area contributed by atoms with Crippen LogP contribution < -0.4 is 0 Å². The summed E-state index contributed by atoms with van der Waals surface area (Å²) in [7, 11) is 0. The van der Waals surface area contributed by atoms with Crippen molar-refractivity contribution in [2.75, 3.05) is 19.8 Å². The zero-order chi connectivity index (χ0) is 32.6. The van der Waals surface area contributed by atoms with Gasteiger partial charge in [-0.15, -0.1) is 0 Å². The van der Waals surface area contributed by atoms with Gasteiger partial charge in [0.2, 0.25) is 0 Å². The molecule has 17 heteroatoms. The van der Waals surface area contributed by atoms with E-state index in [1.165, 1.54) is 24.7 Å². The van der Waals surface area contributed by atoms with Crippen LogP contribution in [0.5, 0.6) is 0 Å². The molecule has 0 radical (unpaired) electrons. The molecule has 0 saturated heterocycles. The van der Waals surface area contributed by atoms with E-state index in [0.29, 0.717) is 24.3 Å². The Morgan fingerprint density at radius 3 is 2.02 bits per heavy atom. The second-order valence-electron chi connectivity index (χ2n) is 9.71. The third-order valence-corrected chi connectivity index (χ3v) is 7.59. The maximum Gasteiger partial charge on any atom is 0.435 e. The average molecular weight is 692 g/mol. The first kappa shape index (κ1) is 34.2. The fraction of sp³-hybridized carbons (Fsp3) is 0.444. The van der Waals surface area contributed by atoms with Crippen molar-refractivity contribution in [1.82, 2.24) is 19.7 Å². The van der Waals surface area contributed by atoms with E-state index in [-0.39, 0.29) is 41.1 Å². The van der Waals surface area contributed by atoms with Crippen LogP contribution in [0, 0.1) is 0 Å². The van der Waals surface area contributed by atoms with Gasteiger partial charge in [-0.25, -0.2) is 14.1 Å². The predicted molar refractivity (Wildman–Crippen MR) is 148 cm³/mol. The van der Waals surface area contributed by atoms with Gasteiger partial charge in [0.25, 0.3) is 5.91 Å². The van der Waals surface area contributed by atoms with Crippen molar-refractivity contribution in [3.8, 4) is 16.8 Å². The third-order valence-electron chi connectivity index (χ3n) is 6.71. The van der Waals surface area contributed by atoms with E-state index in [1.807, 2.05) is 0 Å². The van der Waals surface area contributed by atoms with Crippen molar-refractivity contribution in [3.05, 3.63) is 63.1 Å². The largest absolute Gasteiger partial charge is 0.435 e. The summed E-state index contributed by atoms with van der Waals surface area (Å²) in [4.78, 5) is 19.3. The predicted octanol–water partition coefficient (Wildman–Crippen LogP) is 8.19. The number of pyridine rings is 1. The number of hydrogen-bond donors (Lipinski definition) is 0. The molecular formula is C27H24Cl3F7N4O3. The van der Waals surface area contributed by atoms with Crippen LogP contribution in [0.2, 0.25) is 15.2 Å². The lowest BCUT2D eigenvalue weighted by Crippen LogP contribution is -2.50. The minimum absolute atomic E-state index is 0.0432. The molecule has 1 aliphatic rings. The number of carbonyl (C=O) groups is 1. The number of rotatable bonds is 11. The Bertz CT molecular complexity index is 1470. The van der Waals surface area contributed by atoms with E-state index in [1.54, 1.807) is 18.7 Å². The number of carbonyl (C=O) groups excluding carboxylic acids is 1. The molecular weight excluding hydrogens is 668 g/mol. The van der Waals surface area contributed by atoms with E-state index < -0.39 is 45.8 Å². The SMILES string of the molecule is CCOC(CN(C(=O)c1cc(-c2cnn(-c3c(Cl)cc(C(F)(C(F)(F)F)C(F)(F)F)cc3Cl)c2)cnc1Cl)C1CC1)OCC. The summed E-state index contributed by atoms with van der Waals surface area (Å²) in [5.74, 6) is -0.422. The van der Waals surface area contributed by atoms with Crippen LogP contribution >= 0.6 is 34.8 Å². The quantitative estimate of drug-likeness (QED) is 0.115. The van der Waals surface area contributed by atoms with Crippen molar-refractivity contribution in [3.63, 3.8) is 0 Å². The Balaban J connectivity index is 1.67. The van der Waals surface area contributed by atoms with E-state index in [4.69, 9.17) is 44.3 Å². The summed E-state index contributed by atoms with van der Waals surface area (Å²) in [6.45, 7) is 4.49. The molecule has 2 aromatic heterocycles. The molecule has 1 aromatic carbocycles. The number of benzene rings is 1. The van der Waals surface area contributed by atoms with Gasteiger partial charge < -0.3 is 14.4 Å². The topological polar surface area (TPSA) is 69.5 Å². The minimum Gasteiger partial charge on any atom is -0.351 e. The number of halogens is 10. The van der Waals surface area contributed by atoms with Crippen LogP contribution in [-0.2, 0) is 15.1 Å². The third kappa shape index (κ3) is 6.79. The summed E-state index contributed by atoms with van der Waals surface area (Å²) in [6.07, 6.45) is -7.90. The molecule has 0 atom stereocenters. The number of aromatic nitrogens is 3. The monoisotopic (exact) mass is 690 g/mol. The zero-order valence-corrected chi connectivity index (χ0v) is 25.2. The lowest BCUT2D eigenvalue weighted by atomic mass is 9.94. The molecule has 1 amide bonds. The maximum absolute atomic E-state index is 14.6. The van der Waals surface area contributed by atoms with E-state index >= 15 is 0 Å². The first-order valence-electron chi connectivity index (χ1n) is 13.1. The molecule has 7 nitrogen and oxygen atoms in total. The van der Waals surface area contributed by atoms with Gasteiger partial charge in [-0.05, 0) is 44.9 Å². The van der Waals surface area contributed by atoms with Gasteiger partial charge in [0.1, 0.15) is 10.8 Å². The molecule has 44 heavy (non-hydrogen) atoms. The molecule has 0 bridgehead atoms. The highest BCUT2D eigenvalue weighted by Gasteiger charge is 2.73. The normalized spacial score (nSPS) is 14.4. The van der Waals surface area contributed by atoms with Gasteiger partial charge in [0, 0.05) is 48.3 Å². The average Bonchev–Trinajstić information content (AvgIpc) is 3.66. The summed E-state index contributed by atoms with van der Waals surface area (Å²) >= 11 is 18.4. The molecule has 4 rings (SSSR count). The first-order valence-corrected chi connectivity index (χ1v) is 14.2. The van der Waals surface area contributed by atoms with Crippen LogP contribution in [0.3, 0.4) is 0 Å². The van der Waals surface area contributed by atoms with Gasteiger partial charge in [-0.2, -0.15) is 31.4 Å². The van der Waals surface area contributed by atoms with Gasteiger partial charge in [0.05, 0.1) is 28.4 Å². The summed E-state index contributed by atoms with van der Waals surface area (Å²) in [6, 6.07) is 1.80. The van der Waals surface area contributed by atoms with Crippen LogP contribution in [0.1, 0.15) is 42.6 Å². The highest BCUT2D eigenvalue weighted by Crippen LogP contribution is 2.54. The summed E-state index contributed by atoms with van der Waals surface area (Å²) < 4.78 is 106. The lowest BCUT2D eigenvalue weighted by molar-refractivity contribution is -0.348. The molecule has 1 saturated carbocycles. The number of ether oxygens (including phenoxy) is 2. The minimum atomic E-state index is -6.35. The highest BCUT2D eigenvalue weighted by molar-refractivity contribution is 6.38. The second kappa shape index (κ2) is 13.0. The lowest BCUT2D eigenvalue weighted by Gasteiger charge is -2.30. The van der Waals surface area contributed by atoms with Crippen LogP contribution in [0.15, 0.2) is 36.8 Å². The van der Waals surface area contributed by atoms with E-state index in [2.05, 4.69) is 10.1 Å². The van der Waals surface area contributed by atoms with E-state index in [9.17, 15) is 35.5 Å². The number of alkyl halides is 7. The number of hydrogen-bond acceptors (Lipinski definition) is 5. The molecule has 0 aliphatic heterocycles. The van der Waals surface area contributed by atoms with Gasteiger partial charge in [-0.1, -0.05) is 34.8 Å². The van der Waals surface area contributed by atoms with Gasteiger partial charge in [0.15, 0.2) is 6.29 Å². The fourth-order valence-electron chi connectivity index (χ4n) is 4.45. The van der Waals surface area contributed by atoms with Crippen molar-refractivity contribution in [2.45, 2.75) is 57.0 Å². The first-order chi connectivity index (χ1) is 20.5. The van der Waals surface area contributed by atoms with Gasteiger partial charge >= 0.3 is 18.0 Å². The van der Waals surface area contributed by atoms with Crippen molar-refractivity contribution < 1.29 is 45.0 Å². The van der Waals surface area contributed by atoms with Gasteiger partial charge in [-0.3, -0.25) is 4.79 Å². The zero-order valence-electron chi connectivity index (χ0n) is 22.9. The summed E-state index contributed by atoms with van der Waals surface area (Å²) in [5.41, 5.74) is -7.17. The highest BCUT2D eigenvalue weighted by atomic mass is 35.5. The molecule has 3 aromatic rings. The second-order valence-corrected chi connectivity index (χ2v) is 10.9. The number of nitrogens with zero attached hydrogens (tertiary/aromatic N) is 4. The van der Waals surface area contributed by atoms with Crippen LogP contribution in [-0.4, -0.2) is 70.0 Å². The Morgan fingerprint density at radius 2 is 1.52 bits per heavy atom. The summed E-state index contributed by atoms with van der Waals surface area (Å²) in [5, 5.41) is 2.50. The maximum atomic E-state index is 14.6. The molecule has 2 heterocycles. The fourth-order valence-corrected chi connectivity index (χ4v) is 5.29. The standard InChI is InChI=1S/C27H24Cl3F7N4O3/c1-3-43-21(44-4-2)13-40(17-5-6-17)24(42)18-7-14(10-38-23(18)30)15-11-39-41(12-15)22-19(28)8-16(9-20(22)29)25(31,26(32,33)34)27(35,36)37/h7-12,17,21H,3-6,13H2,1-2H3. The number of amides is 1. The molecule has 0 spiro atoms. The van der Waals surface area contributed by atoms with Crippen LogP contribution in [0.25, 0.3) is 16.8 Å². The van der Waals surface area contributed by atoms with Crippen LogP contribution in [0.4, 0.5) is 30.7 Å². The molecule has 0 N–H and O–H groups in total. The molecule has 240 valence electrons.